The summed E-state index contributed by atoms with van der Waals surface area (Å²) < 4.78 is 6.01. The molecule has 2 fully saturated rings. The highest BCUT2D eigenvalue weighted by Crippen LogP contribution is 2.62. The van der Waals surface area contributed by atoms with Gasteiger partial charge in [-0.1, -0.05) is 24.6 Å². The minimum Gasteiger partial charge on any atom is -0.494 e. The summed E-state index contributed by atoms with van der Waals surface area (Å²) >= 11 is 0. The number of fused-ring (bicyclic) bond motifs is 4. The van der Waals surface area contributed by atoms with Crippen molar-refractivity contribution in [3.05, 3.63) is 52.6 Å². The number of hydrogen-bond donors (Lipinski definition) is 0. The number of carbonyl (C=O) groups is 3. The predicted molar refractivity (Wildman–Crippen MR) is 145 cm³/mol. The number of carbonyl (C=O) groups excluding carboxylic acids is 3. The molecule has 4 aliphatic rings. The van der Waals surface area contributed by atoms with Crippen LogP contribution in [0.2, 0.25) is 0 Å². The topological polar surface area (TPSA) is 72.9 Å². The van der Waals surface area contributed by atoms with E-state index in [9.17, 15) is 14.4 Å². The molecule has 1 amide bonds. The highest BCUT2D eigenvalue weighted by molar-refractivity contribution is 5.93. The Bertz CT molecular complexity index is 1150. The first-order valence-electron chi connectivity index (χ1n) is 14.4. The quantitative estimate of drug-likeness (QED) is 0.291. The van der Waals surface area contributed by atoms with Crippen molar-refractivity contribution in [3.63, 3.8) is 0 Å². The van der Waals surface area contributed by atoms with E-state index in [-0.39, 0.29) is 23.0 Å². The number of unbranched alkanes of at least 4 members (excludes halogenated alkanes) is 2. The van der Waals surface area contributed by atoms with E-state index < -0.39 is 0 Å². The summed E-state index contributed by atoms with van der Waals surface area (Å²) in [5.74, 6) is 2.56. The lowest BCUT2D eigenvalue weighted by Gasteiger charge is -2.50. The molecule has 0 saturated heterocycles. The molecule has 2 saturated carbocycles. The van der Waals surface area contributed by atoms with E-state index >= 15 is 0 Å². The maximum absolute atomic E-state index is 13.1. The van der Waals surface area contributed by atoms with Crippen molar-refractivity contribution in [1.29, 1.82) is 0 Å². The lowest BCUT2D eigenvalue weighted by Crippen LogP contribution is -2.43. The summed E-state index contributed by atoms with van der Waals surface area (Å²) in [4.78, 5) is 41.8. The Morgan fingerprint density at radius 3 is 2.53 bits per heavy atom. The molecule has 6 nitrogen and oxygen atoms in total. The first-order chi connectivity index (χ1) is 18.3. The Morgan fingerprint density at radius 2 is 1.76 bits per heavy atom. The van der Waals surface area contributed by atoms with Crippen LogP contribution in [0.5, 0.6) is 5.75 Å². The third-order valence-corrected chi connectivity index (χ3v) is 9.51. The first kappa shape index (κ1) is 26.9. The van der Waals surface area contributed by atoms with Gasteiger partial charge in [0.15, 0.2) is 5.78 Å². The van der Waals surface area contributed by atoms with Crippen molar-refractivity contribution in [2.75, 3.05) is 20.3 Å². The van der Waals surface area contributed by atoms with Crippen molar-refractivity contribution in [3.8, 4) is 5.75 Å². The molecule has 0 heterocycles. The van der Waals surface area contributed by atoms with Crippen LogP contribution < -0.4 is 4.74 Å². The third kappa shape index (κ3) is 5.25. The third-order valence-electron chi connectivity index (χ3n) is 9.51. The largest absolute Gasteiger partial charge is 0.494 e. The monoisotopic (exact) mass is 519 g/mol. The van der Waals surface area contributed by atoms with Crippen LogP contribution in [0.1, 0.15) is 89.5 Å². The lowest BCUT2D eigenvalue weighted by atomic mass is 9.53. The molecule has 0 radical (unpaired) electrons. The zero-order chi connectivity index (χ0) is 26.9. The molecule has 6 heteroatoms. The summed E-state index contributed by atoms with van der Waals surface area (Å²) in [6, 6.07) is 8.50. The average molecular weight is 520 g/mol. The highest BCUT2D eigenvalue weighted by Gasteiger charge is 2.56. The number of Topliss-reactive ketones (excluding diaryl/α,β-unsaturated/α-hetero) is 1. The van der Waals surface area contributed by atoms with Gasteiger partial charge in [0.25, 0.3) is 0 Å². The summed E-state index contributed by atoms with van der Waals surface area (Å²) in [5, 5.41) is 1.27. The number of nitrogens with zero attached hydrogens (tertiary/aromatic N) is 1. The molecule has 0 spiro atoms. The number of amides is 1. The van der Waals surface area contributed by atoms with Gasteiger partial charge in [0.05, 0.1) is 13.2 Å². The normalized spacial score (nSPS) is 28.4. The second kappa shape index (κ2) is 11.2. The smallest absolute Gasteiger partial charge is 0.242 e. The van der Waals surface area contributed by atoms with Gasteiger partial charge in [-0.3, -0.25) is 19.2 Å². The van der Waals surface area contributed by atoms with E-state index in [0.29, 0.717) is 43.7 Å². The van der Waals surface area contributed by atoms with Gasteiger partial charge in [0.2, 0.25) is 5.91 Å². The summed E-state index contributed by atoms with van der Waals surface area (Å²) in [6.45, 7) is 4.87. The Labute approximate surface area is 226 Å². The van der Waals surface area contributed by atoms with Crippen molar-refractivity contribution >= 4 is 17.5 Å². The predicted octanol–water partition coefficient (Wildman–Crippen LogP) is 6.11. The number of hydrogen-bond acceptors (Lipinski definition) is 5. The number of rotatable bonds is 9. The second-order valence-electron chi connectivity index (χ2n) is 11.8. The van der Waals surface area contributed by atoms with Crippen LogP contribution in [0.4, 0.5) is 0 Å². The SMILES string of the molecule is CC(=O)N(C)OCCCCCOc1ccc([C@H]2C[C@]3(C)C(=O)CCC3C3CCC4=CC(=O)CCC4=C32)cc1. The van der Waals surface area contributed by atoms with Crippen molar-refractivity contribution in [2.45, 2.75) is 84.0 Å². The number of ketones is 2. The fourth-order valence-corrected chi connectivity index (χ4v) is 7.39. The first-order valence-corrected chi connectivity index (χ1v) is 14.4. The molecule has 0 aliphatic heterocycles. The van der Waals surface area contributed by atoms with Gasteiger partial charge < -0.3 is 4.74 Å². The molecule has 0 N–H and O–H groups in total. The van der Waals surface area contributed by atoms with Gasteiger partial charge in [0.1, 0.15) is 11.5 Å². The molecule has 38 heavy (non-hydrogen) atoms. The van der Waals surface area contributed by atoms with Crippen molar-refractivity contribution in [2.24, 2.45) is 17.3 Å². The maximum atomic E-state index is 13.1. The zero-order valence-corrected chi connectivity index (χ0v) is 23.1. The van der Waals surface area contributed by atoms with Crippen LogP contribution in [0, 0.1) is 17.3 Å². The zero-order valence-electron chi connectivity index (χ0n) is 23.1. The summed E-state index contributed by atoms with van der Waals surface area (Å²) in [7, 11) is 1.63. The molecule has 0 aromatic heterocycles. The van der Waals surface area contributed by atoms with E-state index in [1.807, 2.05) is 6.08 Å². The summed E-state index contributed by atoms with van der Waals surface area (Å²) in [6.07, 6.45) is 10.7. The molecular formula is C32H41NO5. The van der Waals surface area contributed by atoms with Gasteiger partial charge in [-0.05, 0) is 98.1 Å². The molecule has 0 bridgehead atoms. The van der Waals surface area contributed by atoms with Crippen LogP contribution in [-0.4, -0.2) is 42.8 Å². The van der Waals surface area contributed by atoms with Crippen LogP contribution >= 0.6 is 0 Å². The van der Waals surface area contributed by atoms with E-state index in [2.05, 4.69) is 31.2 Å². The minimum absolute atomic E-state index is 0.101. The standard InChI is InChI=1S/C32H41NO5/c1-21(34)33(3)38-18-6-4-5-17-37-25-11-7-22(8-12-25)28-20-32(2)29(15-16-30(32)36)27-13-9-23-19-24(35)10-14-26(23)31(27)28/h7-8,11-12,19,27-29H,4-6,9-10,13-18,20H2,1-3H3/t27?,28-,29?,32+/m1/s1. The number of ether oxygens (including phenoxy) is 1. The van der Waals surface area contributed by atoms with Crippen molar-refractivity contribution < 1.29 is 24.0 Å². The fraction of sp³-hybridized carbons (Fsp3) is 0.594. The summed E-state index contributed by atoms with van der Waals surface area (Å²) in [5.41, 5.74) is 5.21. The molecule has 1 aromatic carbocycles. The maximum Gasteiger partial charge on any atom is 0.242 e. The van der Waals surface area contributed by atoms with Crippen LogP contribution in [-0.2, 0) is 19.2 Å². The molecular weight excluding hydrogens is 478 g/mol. The second-order valence-corrected chi connectivity index (χ2v) is 11.8. The van der Waals surface area contributed by atoms with Gasteiger partial charge in [-0.15, -0.1) is 0 Å². The molecule has 1 aromatic rings. The molecule has 5 rings (SSSR count). The molecule has 4 atom stereocenters. The van der Waals surface area contributed by atoms with Crippen LogP contribution in [0.3, 0.4) is 0 Å². The van der Waals surface area contributed by atoms with Gasteiger partial charge in [-0.2, -0.15) is 0 Å². The fourth-order valence-electron chi connectivity index (χ4n) is 7.39. The lowest BCUT2D eigenvalue weighted by molar-refractivity contribution is -0.176. The average Bonchev–Trinajstić information content (AvgIpc) is 3.21. The van der Waals surface area contributed by atoms with E-state index in [4.69, 9.17) is 9.57 Å². The Morgan fingerprint density at radius 1 is 1.00 bits per heavy atom. The Hall–Kier alpha value is -2.73. The number of allylic oxidation sites excluding steroid dienone is 4. The van der Waals surface area contributed by atoms with E-state index in [1.165, 1.54) is 34.3 Å². The molecule has 204 valence electrons. The van der Waals surface area contributed by atoms with Crippen molar-refractivity contribution in [1.82, 2.24) is 5.06 Å². The molecule has 4 aliphatic carbocycles. The highest BCUT2D eigenvalue weighted by atomic mass is 16.7. The van der Waals surface area contributed by atoms with E-state index in [0.717, 1.165) is 57.1 Å². The van der Waals surface area contributed by atoms with E-state index in [1.54, 1.807) is 7.05 Å². The van der Waals surface area contributed by atoms with Gasteiger partial charge in [0, 0.05) is 38.1 Å². The minimum atomic E-state index is -0.247. The number of benzene rings is 1. The Balaban J connectivity index is 1.26. The number of hydroxylamine groups is 2. The Kier molecular flexibility index (Phi) is 7.90. The van der Waals surface area contributed by atoms with Crippen LogP contribution in [0.15, 0.2) is 47.1 Å². The van der Waals surface area contributed by atoms with Crippen LogP contribution in [0.25, 0.3) is 0 Å². The van der Waals surface area contributed by atoms with Gasteiger partial charge in [-0.25, -0.2) is 5.06 Å². The van der Waals surface area contributed by atoms with Gasteiger partial charge >= 0.3 is 0 Å². The molecule has 2 unspecified atom stereocenters.